The maximum absolute atomic E-state index is 11.1. The van der Waals surface area contributed by atoms with Crippen molar-refractivity contribution < 1.29 is 4.79 Å². The molecule has 2 aliphatic rings. The fraction of sp³-hybridized carbons (Fsp3) is 0.917. The van der Waals surface area contributed by atoms with Crippen LogP contribution in [-0.4, -0.2) is 42.5 Å². The molecule has 2 unspecified atom stereocenters. The summed E-state index contributed by atoms with van der Waals surface area (Å²) in [5.74, 6) is 0.480. The highest BCUT2D eigenvalue weighted by molar-refractivity contribution is 5.79. The number of primary amides is 1. The van der Waals surface area contributed by atoms with Crippen LogP contribution in [0.2, 0.25) is 0 Å². The van der Waals surface area contributed by atoms with Crippen molar-refractivity contribution in [1.29, 1.82) is 0 Å². The van der Waals surface area contributed by atoms with Crippen molar-refractivity contribution in [3.63, 3.8) is 0 Å². The van der Waals surface area contributed by atoms with Gasteiger partial charge in [-0.1, -0.05) is 6.92 Å². The number of carbonyl (C=O) groups excluding carboxylic acids is 1. The molecule has 1 amide bonds. The number of amides is 1. The van der Waals surface area contributed by atoms with Gasteiger partial charge >= 0.3 is 0 Å². The number of likely N-dealkylation sites (tertiary alicyclic amines) is 1. The van der Waals surface area contributed by atoms with Gasteiger partial charge in [0.25, 0.3) is 0 Å². The largest absolute Gasteiger partial charge is 0.368 e. The minimum absolute atomic E-state index is 0.144. The van der Waals surface area contributed by atoms with Gasteiger partial charge in [0.1, 0.15) is 0 Å². The number of nitrogens with two attached hydrogens (primary N) is 1. The van der Waals surface area contributed by atoms with Crippen LogP contribution in [0.4, 0.5) is 0 Å². The maximum Gasteiger partial charge on any atom is 0.234 e. The molecule has 0 bridgehead atoms. The second kappa shape index (κ2) is 5.15. The van der Waals surface area contributed by atoms with Gasteiger partial charge in [-0.05, 0) is 44.7 Å². The Labute approximate surface area is 97.6 Å². The Bertz CT molecular complexity index is 253. The summed E-state index contributed by atoms with van der Waals surface area (Å²) in [6.07, 6.45) is 4.82. The predicted molar refractivity (Wildman–Crippen MR) is 64.0 cm³/mol. The summed E-state index contributed by atoms with van der Waals surface area (Å²) in [5, 5.41) is 3.29. The van der Waals surface area contributed by atoms with E-state index in [1.165, 1.54) is 32.4 Å². The molecule has 4 heteroatoms. The quantitative estimate of drug-likeness (QED) is 0.684. The summed E-state index contributed by atoms with van der Waals surface area (Å²) in [6, 6.07) is 0.734. The molecule has 2 fully saturated rings. The molecule has 16 heavy (non-hydrogen) atoms. The monoisotopic (exact) mass is 225 g/mol. The lowest BCUT2D eigenvalue weighted by Gasteiger charge is -2.18. The summed E-state index contributed by atoms with van der Waals surface area (Å²) >= 11 is 0. The van der Waals surface area contributed by atoms with Crippen LogP contribution >= 0.6 is 0 Å². The normalized spacial score (nSPS) is 28.2. The maximum atomic E-state index is 11.1. The highest BCUT2D eigenvalue weighted by Gasteiger charge is 2.34. The number of rotatable bonds is 6. The van der Waals surface area contributed by atoms with Crippen LogP contribution in [0.15, 0.2) is 0 Å². The zero-order valence-electron chi connectivity index (χ0n) is 10.1. The Hall–Kier alpha value is -0.610. The summed E-state index contributed by atoms with van der Waals surface area (Å²) in [4.78, 5) is 13.7. The third kappa shape index (κ3) is 2.95. The minimum Gasteiger partial charge on any atom is -0.368 e. The van der Waals surface area contributed by atoms with E-state index in [-0.39, 0.29) is 11.9 Å². The van der Waals surface area contributed by atoms with Gasteiger partial charge in [-0.2, -0.15) is 0 Å². The summed E-state index contributed by atoms with van der Waals surface area (Å²) in [6.45, 7) is 5.37. The lowest BCUT2D eigenvalue weighted by atomic mass is 10.1. The van der Waals surface area contributed by atoms with E-state index in [0.717, 1.165) is 19.0 Å². The molecule has 0 aromatic heterocycles. The van der Waals surface area contributed by atoms with Crippen molar-refractivity contribution in [3.8, 4) is 0 Å². The van der Waals surface area contributed by atoms with Gasteiger partial charge in [-0.3, -0.25) is 4.79 Å². The molecule has 1 aliphatic carbocycles. The number of hydrogen-bond acceptors (Lipinski definition) is 3. The molecule has 2 atom stereocenters. The molecule has 1 saturated heterocycles. The molecule has 0 radical (unpaired) electrons. The molecule has 3 N–H and O–H groups in total. The molecular weight excluding hydrogens is 202 g/mol. The Balaban J connectivity index is 1.68. The fourth-order valence-corrected chi connectivity index (χ4v) is 2.56. The number of carbonyl (C=O) groups is 1. The van der Waals surface area contributed by atoms with Gasteiger partial charge in [-0.25, -0.2) is 0 Å². The van der Waals surface area contributed by atoms with Crippen LogP contribution < -0.4 is 11.1 Å². The number of nitrogens with zero attached hydrogens (tertiary/aromatic N) is 1. The van der Waals surface area contributed by atoms with E-state index in [9.17, 15) is 4.79 Å². The van der Waals surface area contributed by atoms with E-state index in [1.54, 1.807) is 0 Å². The number of nitrogens with one attached hydrogen (secondary N) is 1. The highest BCUT2D eigenvalue weighted by atomic mass is 16.1. The SMILES string of the molecule is CCC(NCC1CCN(C2CC2)C1)C(N)=O. The second-order valence-electron chi connectivity index (χ2n) is 5.15. The smallest absolute Gasteiger partial charge is 0.234 e. The Morgan fingerprint density at radius 3 is 2.81 bits per heavy atom. The molecule has 1 heterocycles. The molecule has 2 rings (SSSR count). The minimum atomic E-state index is -0.223. The van der Waals surface area contributed by atoms with Crippen LogP contribution in [0, 0.1) is 5.92 Å². The van der Waals surface area contributed by atoms with Crippen LogP contribution in [0.3, 0.4) is 0 Å². The van der Waals surface area contributed by atoms with Gasteiger partial charge in [0.05, 0.1) is 6.04 Å². The number of hydrogen-bond donors (Lipinski definition) is 2. The first-order valence-corrected chi connectivity index (χ1v) is 6.47. The first-order valence-electron chi connectivity index (χ1n) is 6.47. The van der Waals surface area contributed by atoms with Gasteiger partial charge < -0.3 is 16.0 Å². The molecular formula is C12H23N3O. The van der Waals surface area contributed by atoms with Crippen LogP contribution in [0.5, 0.6) is 0 Å². The first-order chi connectivity index (χ1) is 7.70. The van der Waals surface area contributed by atoms with E-state index in [1.807, 2.05) is 6.92 Å². The van der Waals surface area contributed by atoms with Gasteiger partial charge in [-0.15, -0.1) is 0 Å². The van der Waals surface area contributed by atoms with Crippen molar-refractivity contribution >= 4 is 5.91 Å². The average Bonchev–Trinajstić information content (AvgIpc) is 3.00. The van der Waals surface area contributed by atoms with E-state index >= 15 is 0 Å². The standard InChI is InChI=1S/C12H23N3O/c1-2-11(12(13)16)14-7-9-5-6-15(8-9)10-3-4-10/h9-11,14H,2-8H2,1H3,(H2,13,16). The predicted octanol–water partition coefficient (Wildman–Crippen LogP) is 0.324. The lowest BCUT2D eigenvalue weighted by molar-refractivity contribution is -0.120. The van der Waals surface area contributed by atoms with Crippen molar-refractivity contribution in [3.05, 3.63) is 0 Å². The van der Waals surface area contributed by atoms with E-state index in [4.69, 9.17) is 5.73 Å². The zero-order valence-corrected chi connectivity index (χ0v) is 10.1. The summed E-state index contributed by atoms with van der Waals surface area (Å²) < 4.78 is 0. The molecule has 0 aromatic carbocycles. The topological polar surface area (TPSA) is 58.4 Å². The average molecular weight is 225 g/mol. The molecule has 0 aromatic rings. The van der Waals surface area contributed by atoms with Crippen LogP contribution in [-0.2, 0) is 4.79 Å². The van der Waals surface area contributed by atoms with E-state index in [2.05, 4.69) is 10.2 Å². The highest BCUT2D eigenvalue weighted by Crippen LogP contribution is 2.31. The van der Waals surface area contributed by atoms with Crippen LogP contribution in [0.1, 0.15) is 32.6 Å². The fourth-order valence-electron chi connectivity index (χ4n) is 2.56. The zero-order chi connectivity index (χ0) is 11.5. The molecule has 1 saturated carbocycles. The summed E-state index contributed by atoms with van der Waals surface area (Å²) in [7, 11) is 0. The molecule has 92 valence electrons. The van der Waals surface area contributed by atoms with Crippen molar-refractivity contribution in [1.82, 2.24) is 10.2 Å². The van der Waals surface area contributed by atoms with Gasteiger partial charge in [0.2, 0.25) is 5.91 Å². The van der Waals surface area contributed by atoms with Gasteiger partial charge in [0, 0.05) is 12.6 Å². The Morgan fingerprint density at radius 1 is 1.50 bits per heavy atom. The molecule has 1 aliphatic heterocycles. The lowest BCUT2D eigenvalue weighted by Crippen LogP contribution is -2.43. The van der Waals surface area contributed by atoms with E-state index < -0.39 is 0 Å². The van der Waals surface area contributed by atoms with Crippen molar-refractivity contribution in [2.24, 2.45) is 11.7 Å². The Morgan fingerprint density at radius 2 is 2.25 bits per heavy atom. The second-order valence-corrected chi connectivity index (χ2v) is 5.15. The third-order valence-corrected chi connectivity index (χ3v) is 3.79. The third-order valence-electron chi connectivity index (χ3n) is 3.79. The first kappa shape index (κ1) is 11.9. The van der Waals surface area contributed by atoms with E-state index in [0.29, 0.717) is 5.92 Å². The summed E-state index contributed by atoms with van der Waals surface area (Å²) in [5.41, 5.74) is 5.31. The van der Waals surface area contributed by atoms with Crippen LogP contribution in [0.25, 0.3) is 0 Å². The van der Waals surface area contributed by atoms with Crippen molar-refractivity contribution in [2.75, 3.05) is 19.6 Å². The molecule has 4 nitrogen and oxygen atoms in total. The molecule has 0 spiro atoms. The van der Waals surface area contributed by atoms with Gasteiger partial charge in [0.15, 0.2) is 0 Å². The van der Waals surface area contributed by atoms with Crippen molar-refractivity contribution in [2.45, 2.75) is 44.7 Å². The Kier molecular flexibility index (Phi) is 3.82.